The highest BCUT2D eigenvalue weighted by molar-refractivity contribution is 7.09. The van der Waals surface area contributed by atoms with Crippen molar-refractivity contribution >= 4 is 28.1 Å². The summed E-state index contributed by atoms with van der Waals surface area (Å²) in [5, 5.41) is 7.00. The van der Waals surface area contributed by atoms with Crippen molar-refractivity contribution in [3.05, 3.63) is 52.1 Å². The lowest BCUT2D eigenvalue weighted by atomic mass is 10.1. The van der Waals surface area contributed by atoms with Crippen LogP contribution < -0.4 is 5.32 Å². The maximum atomic E-state index is 12.0. The Bertz CT molecular complexity index is 744. The number of fused-ring (bicyclic) bond motifs is 1. The lowest BCUT2D eigenvalue weighted by molar-refractivity contribution is -0.120. The van der Waals surface area contributed by atoms with Gasteiger partial charge in [-0.15, -0.1) is 11.3 Å². The standard InChI is InChI=1S/C15H15N3OS/c1-10-18-12(9-20-10)8-17-15(19)6-11-7-16-14-5-3-2-4-13(11)14/h2-5,7,9,16H,6,8H2,1H3,(H,17,19). The molecule has 0 aliphatic rings. The number of para-hydroxylation sites is 1. The third-order valence-electron chi connectivity index (χ3n) is 3.16. The van der Waals surface area contributed by atoms with Gasteiger partial charge in [-0.3, -0.25) is 4.79 Å². The third kappa shape index (κ3) is 2.72. The summed E-state index contributed by atoms with van der Waals surface area (Å²) in [6, 6.07) is 8.00. The smallest absolute Gasteiger partial charge is 0.224 e. The summed E-state index contributed by atoms with van der Waals surface area (Å²) in [7, 11) is 0. The second kappa shape index (κ2) is 5.46. The van der Waals surface area contributed by atoms with Crippen molar-refractivity contribution in [2.24, 2.45) is 0 Å². The highest BCUT2D eigenvalue weighted by Crippen LogP contribution is 2.18. The fraction of sp³-hybridized carbons (Fsp3) is 0.200. The zero-order valence-corrected chi connectivity index (χ0v) is 12.0. The molecule has 1 amide bonds. The summed E-state index contributed by atoms with van der Waals surface area (Å²) < 4.78 is 0. The number of benzene rings is 1. The van der Waals surface area contributed by atoms with Gasteiger partial charge in [-0.05, 0) is 18.6 Å². The van der Waals surface area contributed by atoms with Crippen LogP contribution in [0.4, 0.5) is 0 Å². The van der Waals surface area contributed by atoms with E-state index in [2.05, 4.69) is 15.3 Å². The Morgan fingerprint density at radius 3 is 3.05 bits per heavy atom. The lowest BCUT2D eigenvalue weighted by Crippen LogP contribution is -2.24. The Morgan fingerprint density at radius 1 is 1.40 bits per heavy atom. The molecule has 0 spiro atoms. The summed E-state index contributed by atoms with van der Waals surface area (Å²) >= 11 is 1.60. The molecule has 2 N–H and O–H groups in total. The van der Waals surface area contributed by atoms with Gasteiger partial charge in [0.05, 0.1) is 23.7 Å². The maximum Gasteiger partial charge on any atom is 0.224 e. The maximum absolute atomic E-state index is 12.0. The van der Waals surface area contributed by atoms with Crippen LogP contribution in [-0.2, 0) is 17.8 Å². The molecule has 3 aromatic rings. The molecule has 4 nitrogen and oxygen atoms in total. The molecule has 20 heavy (non-hydrogen) atoms. The van der Waals surface area contributed by atoms with Gasteiger partial charge < -0.3 is 10.3 Å². The normalized spacial score (nSPS) is 10.8. The van der Waals surface area contributed by atoms with Crippen molar-refractivity contribution in [2.45, 2.75) is 19.9 Å². The molecule has 5 heteroatoms. The van der Waals surface area contributed by atoms with Crippen LogP contribution in [0.3, 0.4) is 0 Å². The molecule has 1 aromatic carbocycles. The fourth-order valence-electron chi connectivity index (χ4n) is 2.19. The van der Waals surface area contributed by atoms with Gasteiger partial charge >= 0.3 is 0 Å². The molecule has 0 saturated carbocycles. The molecular formula is C15H15N3OS. The molecule has 3 rings (SSSR count). The van der Waals surface area contributed by atoms with Crippen LogP contribution in [0.2, 0.25) is 0 Å². The van der Waals surface area contributed by atoms with Gasteiger partial charge in [-0.2, -0.15) is 0 Å². The molecule has 0 radical (unpaired) electrons. The molecule has 0 atom stereocenters. The minimum absolute atomic E-state index is 0.0143. The lowest BCUT2D eigenvalue weighted by Gasteiger charge is -2.02. The zero-order chi connectivity index (χ0) is 13.9. The number of nitrogens with zero attached hydrogens (tertiary/aromatic N) is 1. The molecule has 0 aliphatic carbocycles. The Hall–Kier alpha value is -2.14. The van der Waals surface area contributed by atoms with Crippen molar-refractivity contribution in [1.29, 1.82) is 0 Å². The van der Waals surface area contributed by atoms with E-state index in [1.165, 1.54) is 0 Å². The first kappa shape index (κ1) is 12.9. The molecular weight excluding hydrogens is 270 g/mol. The van der Waals surface area contributed by atoms with Crippen LogP contribution in [0.25, 0.3) is 10.9 Å². The van der Waals surface area contributed by atoms with Crippen molar-refractivity contribution in [1.82, 2.24) is 15.3 Å². The molecule has 0 unspecified atom stereocenters. The van der Waals surface area contributed by atoms with Gasteiger partial charge in [0.15, 0.2) is 0 Å². The Balaban J connectivity index is 1.64. The molecule has 102 valence electrons. The number of aryl methyl sites for hydroxylation is 1. The summed E-state index contributed by atoms with van der Waals surface area (Å²) in [5.74, 6) is 0.0143. The van der Waals surface area contributed by atoms with E-state index in [0.29, 0.717) is 13.0 Å². The van der Waals surface area contributed by atoms with E-state index in [0.717, 1.165) is 27.2 Å². The second-order valence-electron chi connectivity index (χ2n) is 4.67. The molecule has 0 aliphatic heterocycles. The van der Waals surface area contributed by atoms with E-state index in [1.807, 2.05) is 42.8 Å². The van der Waals surface area contributed by atoms with Gasteiger partial charge in [0.1, 0.15) is 0 Å². The van der Waals surface area contributed by atoms with E-state index < -0.39 is 0 Å². The van der Waals surface area contributed by atoms with E-state index in [-0.39, 0.29) is 5.91 Å². The molecule has 0 bridgehead atoms. The van der Waals surface area contributed by atoms with E-state index in [9.17, 15) is 4.79 Å². The zero-order valence-electron chi connectivity index (χ0n) is 11.1. The molecule has 2 aromatic heterocycles. The largest absolute Gasteiger partial charge is 0.361 e. The molecule has 0 fully saturated rings. The van der Waals surface area contributed by atoms with E-state index in [4.69, 9.17) is 0 Å². The second-order valence-corrected chi connectivity index (χ2v) is 5.73. The van der Waals surface area contributed by atoms with Crippen LogP contribution in [-0.4, -0.2) is 15.9 Å². The minimum atomic E-state index is 0.0143. The van der Waals surface area contributed by atoms with Gasteiger partial charge in [0.2, 0.25) is 5.91 Å². The number of carbonyl (C=O) groups is 1. The quantitative estimate of drug-likeness (QED) is 0.774. The first-order valence-corrected chi connectivity index (χ1v) is 7.33. The molecule has 2 heterocycles. The van der Waals surface area contributed by atoms with E-state index >= 15 is 0 Å². The Morgan fingerprint density at radius 2 is 2.25 bits per heavy atom. The number of aromatic nitrogens is 2. The first-order valence-electron chi connectivity index (χ1n) is 6.45. The van der Waals surface area contributed by atoms with Crippen molar-refractivity contribution in [2.75, 3.05) is 0 Å². The topological polar surface area (TPSA) is 57.8 Å². The van der Waals surface area contributed by atoms with Crippen LogP contribution in [0.1, 0.15) is 16.3 Å². The summed E-state index contributed by atoms with van der Waals surface area (Å²) in [4.78, 5) is 19.5. The fourth-order valence-corrected chi connectivity index (χ4v) is 2.80. The molecule has 0 saturated heterocycles. The average molecular weight is 285 g/mol. The average Bonchev–Trinajstić information content (AvgIpc) is 3.04. The number of rotatable bonds is 4. The Kier molecular flexibility index (Phi) is 3.52. The van der Waals surface area contributed by atoms with Gasteiger partial charge in [-0.1, -0.05) is 18.2 Å². The highest BCUT2D eigenvalue weighted by Gasteiger charge is 2.08. The van der Waals surface area contributed by atoms with Crippen LogP contribution in [0, 0.1) is 6.92 Å². The summed E-state index contributed by atoms with van der Waals surface area (Å²) in [6.07, 6.45) is 2.28. The Labute approximate surface area is 120 Å². The van der Waals surface area contributed by atoms with Crippen molar-refractivity contribution in [3.8, 4) is 0 Å². The van der Waals surface area contributed by atoms with Gasteiger partial charge in [0, 0.05) is 22.5 Å². The van der Waals surface area contributed by atoms with Crippen LogP contribution >= 0.6 is 11.3 Å². The summed E-state index contributed by atoms with van der Waals surface area (Å²) in [6.45, 7) is 2.45. The predicted octanol–water partition coefficient (Wildman–Crippen LogP) is 2.79. The highest BCUT2D eigenvalue weighted by atomic mass is 32.1. The van der Waals surface area contributed by atoms with Gasteiger partial charge in [-0.25, -0.2) is 4.98 Å². The number of thiazole rings is 1. The third-order valence-corrected chi connectivity index (χ3v) is 3.98. The van der Waals surface area contributed by atoms with Crippen LogP contribution in [0.15, 0.2) is 35.8 Å². The first-order chi connectivity index (χ1) is 9.72. The minimum Gasteiger partial charge on any atom is -0.361 e. The predicted molar refractivity (Wildman–Crippen MR) is 80.7 cm³/mol. The number of hydrogen-bond donors (Lipinski definition) is 2. The van der Waals surface area contributed by atoms with E-state index in [1.54, 1.807) is 11.3 Å². The van der Waals surface area contributed by atoms with Crippen molar-refractivity contribution < 1.29 is 4.79 Å². The van der Waals surface area contributed by atoms with Gasteiger partial charge in [0.25, 0.3) is 0 Å². The summed E-state index contributed by atoms with van der Waals surface area (Å²) in [5.41, 5.74) is 3.00. The number of amides is 1. The monoisotopic (exact) mass is 285 g/mol. The number of nitrogens with one attached hydrogen (secondary N) is 2. The number of hydrogen-bond acceptors (Lipinski definition) is 3. The number of carbonyl (C=O) groups excluding carboxylic acids is 1. The van der Waals surface area contributed by atoms with Crippen molar-refractivity contribution in [3.63, 3.8) is 0 Å². The van der Waals surface area contributed by atoms with Crippen LogP contribution in [0.5, 0.6) is 0 Å². The number of H-pyrrole nitrogens is 1. The number of aromatic amines is 1. The SMILES string of the molecule is Cc1nc(CNC(=O)Cc2c[nH]c3ccccc23)cs1.